The number of aromatic nitrogens is 1. The lowest BCUT2D eigenvalue weighted by molar-refractivity contribution is 0.0600. The smallest absolute Gasteiger partial charge is 0.337 e. The van der Waals surface area contributed by atoms with Crippen molar-refractivity contribution in [1.29, 1.82) is 0 Å². The average molecular weight is 446 g/mol. The van der Waals surface area contributed by atoms with Crippen LogP contribution in [0.1, 0.15) is 27.0 Å². The summed E-state index contributed by atoms with van der Waals surface area (Å²) in [6, 6.07) is 29.7. The molecule has 0 aliphatic rings. The van der Waals surface area contributed by atoms with Crippen molar-refractivity contribution in [3.63, 3.8) is 0 Å². The highest BCUT2D eigenvalue weighted by molar-refractivity contribution is 5.91. The molecule has 34 heavy (non-hydrogen) atoms. The standard InChI is InChI=1S/C30H23NO3/c1-20-8-17-28-27(18-20)31-29(34-28)25-16-13-22(10-9-21-6-4-3-5-7-21)26(19-25)23-11-14-24(15-12-23)30(32)33-2/h3-19H,1-2H3/b10-9+. The van der Waals surface area contributed by atoms with Crippen LogP contribution in [0.3, 0.4) is 0 Å². The highest BCUT2D eigenvalue weighted by Gasteiger charge is 2.13. The first kappa shape index (κ1) is 21.4. The summed E-state index contributed by atoms with van der Waals surface area (Å²) in [6.07, 6.45) is 4.18. The summed E-state index contributed by atoms with van der Waals surface area (Å²) < 4.78 is 10.9. The first-order valence-corrected chi connectivity index (χ1v) is 11.0. The fraction of sp³-hybridized carbons (Fsp3) is 0.0667. The molecule has 0 atom stereocenters. The van der Waals surface area contributed by atoms with Crippen LogP contribution in [0.5, 0.6) is 0 Å². The zero-order valence-corrected chi connectivity index (χ0v) is 19.0. The molecule has 4 heteroatoms. The van der Waals surface area contributed by atoms with E-state index in [4.69, 9.17) is 14.1 Å². The molecular formula is C30H23NO3. The maximum Gasteiger partial charge on any atom is 0.337 e. The minimum atomic E-state index is -0.355. The number of benzene rings is 4. The molecule has 0 aliphatic carbocycles. The number of rotatable bonds is 5. The Labute approximate surface area is 198 Å². The fourth-order valence-electron chi connectivity index (χ4n) is 3.90. The average Bonchev–Trinajstić information content (AvgIpc) is 3.31. The molecule has 0 radical (unpaired) electrons. The lowest BCUT2D eigenvalue weighted by Crippen LogP contribution is -2.00. The second-order valence-corrected chi connectivity index (χ2v) is 8.11. The molecule has 166 valence electrons. The first-order chi connectivity index (χ1) is 16.6. The van der Waals surface area contributed by atoms with E-state index in [-0.39, 0.29) is 5.97 Å². The van der Waals surface area contributed by atoms with Gasteiger partial charge in [-0.2, -0.15) is 0 Å². The molecule has 4 aromatic carbocycles. The number of esters is 1. The van der Waals surface area contributed by atoms with Crippen LogP contribution in [0, 0.1) is 6.92 Å². The van der Waals surface area contributed by atoms with Crippen LogP contribution < -0.4 is 0 Å². The van der Waals surface area contributed by atoms with Crippen molar-refractivity contribution in [2.75, 3.05) is 7.11 Å². The van der Waals surface area contributed by atoms with Crippen LogP contribution in [-0.2, 0) is 4.74 Å². The maximum atomic E-state index is 11.9. The van der Waals surface area contributed by atoms with E-state index in [2.05, 4.69) is 36.4 Å². The number of hydrogen-bond acceptors (Lipinski definition) is 4. The molecule has 1 aromatic heterocycles. The van der Waals surface area contributed by atoms with Crippen molar-refractivity contribution in [3.8, 4) is 22.6 Å². The molecule has 5 rings (SSSR count). The zero-order chi connectivity index (χ0) is 23.5. The highest BCUT2D eigenvalue weighted by Crippen LogP contribution is 2.32. The van der Waals surface area contributed by atoms with E-state index >= 15 is 0 Å². The summed E-state index contributed by atoms with van der Waals surface area (Å²) in [5.74, 6) is 0.220. The fourth-order valence-corrected chi connectivity index (χ4v) is 3.90. The van der Waals surface area contributed by atoms with Crippen molar-refractivity contribution in [2.24, 2.45) is 0 Å². The van der Waals surface area contributed by atoms with Crippen molar-refractivity contribution in [2.45, 2.75) is 6.92 Å². The molecular weight excluding hydrogens is 422 g/mol. The molecule has 1 heterocycles. The number of nitrogens with zero attached hydrogens (tertiary/aromatic N) is 1. The molecule has 0 amide bonds. The van der Waals surface area contributed by atoms with Crippen molar-refractivity contribution in [1.82, 2.24) is 4.98 Å². The van der Waals surface area contributed by atoms with Gasteiger partial charge in [-0.3, -0.25) is 0 Å². The summed E-state index contributed by atoms with van der Waals surface area (Å²) in [5, 5.41) is 0. The zero-order valence-electron chi connectivity index (χ0n) is 19.0. The number of oxazole rings is 1. The van der Waals surface area contributed by atoms with Crippen LogP contribution in [0.2, 0.25) is 0 Å². The van der Waals surface area contributed by atoms with E-state index < -0.39 is 0 Å². The van der Waals surface area contributed by atoms with Gasteiger partial charge in [-0.05, 0) is 71.1 Å². The Hall–Kier alpha value is -4.44. The highest BCUT2D eigenvalue weighted by atomic mass is 16.5. The van der Waals surface area contributed by atoms with E-state index in [0.717, 1.165) is 44.5 Å². The lowest BCUT2D eigenvalue weighted by Gasteiger charge is -2.10. The Kier molecular flexibility index (Phi) is 5.79. The monoisotopic (exact) mass is 445 g/mol. The Bertz CT molecular complexity index is 1500. The Morgan fingerprint density at radius 2 is 1.62 bits per heavy atom. The van der Waals surface area contributed by atoms with Gasteiger partial charge in [0.2, 0.25) is 5.89 Å². The van der Waals surface area contributed by atoms with Gasteiger partial charge in [0.05, 0.1) is 12.7 Å². The largest absolute Gasteiger partial charge is 0.465 e. The van der Waals surface area contributed by atoms with Crippen LogP contribution >= 0.6 is 0 Å². The maximum absolute atomic E-state index is 11.9. The summed E-state index contributed by atoms with van der Waals surface area (Å²) in [5.41, 5.74) is 8.30. The molecule has 0 saturated carbocycles. The predicted molar refractivity (Wildman–Crippen MR) is 136 cm³/mol. The van der Waals surface area contributed by atoms with Crippen LogP contribution in [0.25, 0.3) is 45.8 Å². The van der Waals surface area contributed by atoms with Gasteiger partial charge in [-0.15, -0.1) is 0 Å². The van der Waals surface area contributed by atoms with Crippen molar-refractivity contribution >= 4 is 29.2 Å². The van der Waals surface area contributed by atoms with E-state index in [1.165, 1.54) is 7.11 Å². The number of carbonyl (C=O) groups excluding carboxylic acids is 1. The summed E-state index contributed by atoms with van der Waals surface area (Å²) in [6.45, 7) is 2.04. The number of aryl methyl sites for hydroxylation is 1. The van der Waals surface area contributed by atoms with Gasteiger partial charge in [0, 0.05) is 5.56 Å². The predicted octanol–water partition coefficient (Wildman–Crippen LogP) is 7.43. The van der Waals surface area contributed by atoms with E-state index in [1.807, 2.05) is 61.5 Å². The quantitative estimate of drug-likeness (QED) is 0.209. The number of methoxy groups -OCH3 is 1. The van der Waals surface area contributed by atoms with Gasteiger partial charge >= 0.3 is 5.97 Å². The molecule has 0 spiro atoms. The SMILES string of the molecule is COC(=O)c1ccc(-c2cc(-c3nc4cc(C)ccc4o3)ccc2/C=C/c2ccccc2)cc1. The van der Waals surface area contributed by atoms with E-state index in [9.17, 15) is 4.79 Å². The van der Waals surface area contributed by atoms with Gasteiger partial charge in [0.25, 0.3) is 0 Å². The van der Waals surface area contributed by atoms with E-state index in [1.54, 1.807) is 12.1 Å². The topological polar surface area (TPSA) is 52.3 Å². The number of carbonyl (C=O) groups is 1. The van der Waals surface area contributed by atoms with Gasteiger partial charge in [0.15, 0.2) is 5.58 Å². The second-order valence-electron chi connectivity index (χ2n) is 8.11. The first-order valence-electron chi connectivity index (χ1n) is 11.0. The summed E-state index contributed by atoms with van der Waals surface area (Å²) in [7, 11) is 1.38. The molecule has 0 N–H and O–H groups in total. The molecule has 0 aliphatic heterocycles. The Morgan fingerprint density at radius 3 is 2.38 bits per heavy atom. The molecule has 0 fully saturated rings. The van der Waals surface area contributed by atoms with Gasteiger partial charge in [-0.25, -0.2) is 9.78 Å². The molecule has 5 aromatic rings. The van der Waals surface area contributed by atoms with Crippen molar-refractivity contribution in [3.05, 3.63) is 113 Å². The number of hydrogen-bond donors (Lipinski definition) is 0. The number of ether oxygens (including phenoxy) is 1. The van der Waals surface area contributed by atoms with Crippen molar-refractivity contribution < 1.29 is 13.9 Å². The Morgan fingerprint density at radius 1 is 0.853 bits per heavy atom. The second kappa shape index (κ2) is 9.20. The summed E-state index contributed by atoms with van der Waals surface area (Å²) >= 11 is 0. The van der Waals surface area contributed by atoms with Gasteiger partial charge in [0.1, 0.15) is 5.52 Å². The molecule has 0 unspecified atom stereocenters. The molecule has 0 bridgehead atoms. The molecule has 0 saturated heterocycles. The minimum Gasteiger partial charge on any atom is -0.465 e. The van der Waals surface area contributed by atoms with E-state index in [0.29, 0.717) is 11.5 Å². The normalized spacial score (nSPS) is 11.2. The third-order valence-electron chi connectivity index (χ3n) is 5.72. The van der Waals surface area contributed by atoms with Crippen LogP contribution in [0.4, 0.5) is 0 Å². The third kappa shape index (κ3) is 4.39. The molecule has 4 nitrogen and oxygen atoms in total. The third-order valence-corrected chi connectivity index (χ3v) is 5.72. The lowest BCUT2D eigenvalue weighted by atomic mass is 9.95. The summed E-state index contributed by atoms with van der Waals surface area (Å²) in [4.78, 5) is 16.6. The van der Waals surface area contributed by atoms with Gasteiger partial charge < -0.3 is 9.15 Å². The number of fused-ring (bicyclic) bond motifs is 1. The van der Waals surface area contributed by atoms with Crippen LogP contribution in [0.15, 0.2) is 95.4 Å². The minimum absolute atomic E-state index is 0.355. The van der Waals surface area contributed by atoms with Crippen LogP contribution in [-0.4, -0.2) is 18.1 Å². The van der Waals surface area contributed by atoms with Gasteiger partial charge in [-0.1, -0.05) is 66.7 Å². The Balaban J connectivity index is 1.60.